The zero-order valence-electron chi connectivity index (χ0n) is 12.9. The molecule has 0 fully saturated rings. The van der Waals surface area contributed by atoms with Crippen LogP contribution in [-0.2, 0) is 9.53 Å². The third-order valence-corrected chi connectivity index (χ3v) is 3.23. The summed E-state index contributed by atoms with van der Waals surface area (Å²) < 4.78 is 5.76. The van der Waals surface area contributed by atoms with E-state index in [4.69, 9.17) is 4.74 Å². The van der Waals surface area contributed by atoms with Gasteiger partial charge in [0.05, 0.1) is 6.10 Å². The van der Waals surface area contributed by atoms with Crippen molar-refractivity contribution in [3.63, 3.8) is 0 Å². The summed E-state index contributed by atoms with van der Waals surface area (Å²) >= 11 is 0. The predicted molar refractivity (Wildman–Crippen MR) is 82.5 cm³/mol. The van der Waals surface area contributed by atoms with E-state index in [9.17, 15) is 4.79 Å². The highest BCUT2D eigenvalue weighted by molar-refractivity contribution is 5.75. The van der Waals surface area contributed by atoms with Crippen molar-refractivity contribution in [1.29, 1.82) is 0 Å². The molecule has 1 N–H and O–H groups in total. The van der Waals surface area contributed by atoms with Crippen molar-refractivity contribution in [3.8, 4) is 0 Å². The maximum Gasteiger partial charge on any atom is 0.220 e. The van der Waals surface area contributed by atoms with Gasteiger partial charge in [0, 0.05) is 19.6 Å². The average Bonchev–Trinajstić information content (AvgIpc) is 2.45. The highest BCUT2D eigenvalue weighted by atomic mass is 16.5. The first kappa shape index (κ1) is 16.7. The molecule has 0 radical (unpaired) electrons. The molecule has 112 valence electrons. The monoisotopic (exact) mass is 277 g/mol. The molecule has 0 saturated carbocycles. The van der Waals surface area contributed by atoms with Gasteiger partial charge in [-0.25, -0.2) is 0 Å². The van der Waals surface area contributed by atoms with Crippen LogP contribution >= 0.6 is 0 Å². The van der Waals surface area contributed by atoms with Crippen molar-refractivity contribution in [2.24, 2.45) is 5.92 Å². The Morgan fingerprint density at radius 2 is 1.90 bits per heavy atom. The van der Waals surface area contributed by atoms with Crippen molar-refractivity contribution in [1.82, 2.24) is 5.32 Å². The van der Waals surface area contributed by atoms with Gasteiger partial charge < -0.3 is 10.1 Å². The van der Waals surface area contributed by atoms with Gasteiger partial charge in [0.1, 0.15) is 0 Å². The van der Waals surface area contributed by atoms with E-state index < -0.39 is 0 Å². The number of nitrogens with one attached hydrogen (secondary N) is 1. The number of carbonyl (C=O) groups is 1. The van der Waals surface area contributed by atoms with Crippen LogP contribution < -0.4 is 5.32 Å². The minimum Gasteiger partial charge on any atom is -0.374 e. The zero-order valence-corrected chi connectivity index (χ0v) is 12.9. The third-order valence-electron chi connectivity index (χ3n) is 3.23. The van der Waals surface area contributed by atoms with Crippen molar-refractivity contribution in [2.75, 3.05) is 13.2 Å². The molecule has 1 atom stereocenters. The second-order valence-electron chi connectivity index (χ2n) is 5.56. The molecule has 1 unspecified atom stereocenters. The van der Waals surface area contributed by atoms with Crippen molar-refractivity contribution in [3.05, 3.63) is 35.9 Å². The molecule has 0 aromatic heterocycles. The van der Waals surface area contributed by atoms with E-state index in [1.807, 2.05) is 18.2 Å². The Kier molecular flexibility index (Phi) is 7.97. The Hall–Kier alpha value is -1.35. The van der Waals surface area contributed by atoms with E-state index in [2.05, 4.69) is 38.2 Å². The van der Waals surface area contributed by atoms with E-state index in [-0.39, 0.29) is 12.0 Å². The fourth-order valence-corrected chi connectivity index (χ4v) is 1.89. The quantitative estimate of drug-likeness (QED) is 0.699. The molecular weight excluding hydrogens is 250 g/mol. The minimum absolute atomic E-state index is 0.104. The van der Waals surface area contributed by atoms with E-state index in [0.717, 1.165) is 12.8 Å². The van der Waals surface area contributed by atoms with E-state index in [1.54, 1.807) is 0 Å². The highest BCUT2D eigenvalue weighted by Gasteiger charge is 2.05. The highest BCUT2D eigenvalue weighted by Crippen LogP contribution is 2.15. The lowest BCUT2D eigenvalue weighted by atomic mass is 10.1. The molecule has 0 bridgehead atoms. The van der Waals surface area contributed by atoms with Gasteiger partial charge in [0.2, 0.25) is 5.91 Å². The number of hydrogen-bond acceptors (Lipinski definition) is 2. The number of ether oxygens (including phenoxy) is 1. The zero-order chi connectivity index (χ0) is 14.8. The Bertz CT molecular complexity index is 376. The summed E-state index contributed by atoms with van der Waals surface area (Å²) in [5.41, 5.74) is 1.19. The van der Waals surface area contributed by atoms with Gasteiger partial charge in [-0.3, -0.25) is 4.79 Å². The number of amides is 1. The molecule has 20 heavy (non-hydrogen) atoms. The van der Waals surface area contributed by atoms with Gasteiger partial charge in [0.25, 0.3) is 0 Å². The van der Waals surface area contributed by atoms with Crippen LogP contribution in [0.2, 0.25) is 0 Å². The fourth-order valence-electron chi connectivity index (χ4n) is 1.89. The normalized spacial score (nSPS) is 12.4. The smallest absolute Gasteiger partial charge is 0.220 e. The van der Waals surface area contributed by atoms with Gasteiger partial charge in [-0.1, -0.05) is 44.2 Å². The molecule has 1 aromatic rings. The van der Waals surface area contributed by atoms with Crippen LogP contribution in [0.3, 0.4) is 0 Å². The molecule has 0 aliphatic heterocycles. The van der Waals surface area contributed by atoms with Gasteiger partial charge in [-0.15, -0.1) is 0 Å². The van der Waals surface area contributed by atoms with E-state index in [0.29, 0.717) is 25.5 Å². The van der Waals surface area contributed by atoms with Crippen LogP contribution in [0.5, 0.6) is 0 Å². The lowest BCUT2D eigenvalue weighted by Crippen LogP contribution is -2.25. The molecule has 1 rings (SSSR count). The third kappa shape index (κ3) is 7.29. The summed E-state index contributed by atoms with van der Waals surface area (Å²) in [7, 11) is 0. The van der Waals surface area contributed by atoms with Crippen molar-refractivity contribution < 1.29 is 9.53 Å². The number of rotatable bonds is 9. The van der Waals surface area contributed by atoms with Crippen LogP contribution in [0.15, 0.2) is 30.3 Å². The van der Waals surface area contributed by atoms with Gasteiger partial charge in [0.15, 0.2) is 0 Å². The summed E-state index contributed by atoms with van der Waals surface area (Å²) in [4.78, 5) is 11.5. The summed E-state index contributed by atoms with van der Waals surface area (Å²) in [6.07, 6.45) is 2.53. The van der Waals surface area contributed by atoms with Crippen LogP contribution in [0.1, 0.15) is 51.7 Å². The van der Waals surface area contributed by atoms with Gasteiger partial charge in [-0.2, -0.15) is 0 Å². The molecule has 0 spiro atoms. The standard InChI is InChI=1S/C17H27NO2/c1-14(2)10-11-17(19)18-12-7-13-20-15(3)16-8-5-4-6-9-16/h4-6,8-9,14-15H,7,10-13H2,1-3H3,(H,18,19). The maximum atomic E-state index is 11.5. The number of benzene rings is 1. The summed E-state index contributed by atoms with van der Waals surface area (Å²) in [5.74, 6) is 0.727. The average molecular weight is 277 g/mol. The Morgan fingerprint density at radius 3 is 2.55 bits per heavy atom. The molecule has 0 aliphatic carbocycles. The Morgan fingerprint density at radius 1 is 1.20 bits per heavy atom. The number of carbonyl (C=O) groups excluding carboxylic acids is 1. The van der Waals surface area contributed by atoms with Crippen LogP contribution in [0.4, 0.5) is 0 Å². The SMILES string of the molecule is CC(C)CCC(=O)NCCCOC(C)c1ccccc1. The van der Waals surface area contributed by atoms with Gasteiger partial charge >= 0.3 is 0 Å². The first-order valence-corrected chi connectivity index (χ1v) is 7.53. The van der Waals surface area contributed by atoms with Crippen molar-refractivity contribution in [2.45, 2.75) is 46.1 Å². The Balaban J connectivity index is 2.06. The lowest BCUT2D eigenvalue weighted by Gasteiger charge is -2.13. The molecule has 1 aromatic carbocycles. The van der Waals surface area contributed by atoms with E-state index >= 15 is 0 Å². The Labute approximate surface area is 122 Å². The summed E-state index contributed by atoms with van der Waals surface area (Å²) in [6, 6.07) is 10.2. The molecule has 3 nitrogen and oxygen atoms in total. The van der Waals surface area contributed by atoms with Crippen molar-refractivity contribution >= 4 is 5.91 Å². The maximum absolute atomic E-state index is 11.5. The number of hydrogen-bond donors (Lipinski definition) is 1. The predicted octanol–water partition coefficient (Wildman–Crippen LogP) is 3.71. The molecule has 0 aliphatic rings. The van der Waals surface area contributed by atoms with Crippen LogP contribution in [0.25, 0.3) is 0 Å². The molecule has 0 saturated heterocycles. The first-order valence-electron chi connectivity index (χ1n) is 7.53. The van der Waals surface area contributed by atoms with Gasteiger partial charge in [-0.05, 0) is 31.2 Å². The molecule has 3 heteroatoms. The summed E-state index contributed by atoms with van der Waals surface area (Å²) in [5, 5.41) is 2.93. The largest absolute Gasteiger partial charge is 0.374 e. The van der Waals surface area contributed by atoms with Crippen LogP contribution in [0, 0.1) is 5.92 Å². The molecule has 1 amide bonds. The molecule has 0 heterocycles. The second kappa shape index (κ2) is 9.54. The second-order valence-corrected chi connectivity index (χ2v) is 5.56. The minimum atomic E-state index is 0.104. The van der Waals surface area contributed by atoms with E-state index in [1.165, 1.54) is 5.56 Å². The van der Waals surface area contributed by atoms with Crippen LogP contribution in [-0.4, -0.2) is 19.1 Å². The lowest BCUT2D eigenvalue weighted by molar-refractivity contribution is -0.121. The molecular formula is C17H27NO2. The fraction of sp³-hybridized carbons (Fsp3) is 0.588. The topological polar surface area (TPSA) is 38.3 Å². The first-order chi connectivity index (χ1) is 9.59. The summed E-state index contributed by atoms with van der Waals surface area (Å²) in [6.45, 7) is 7.67.